The zero-order valence-electron chi connectivity index (χ0n) is 12.9. The van der Waals surface area contributed by atoms with Crippen LogP contribution in [0.4, 0.5) is 10.1 Å². The molecule has 1 aromatic heterocycles. The van der Waals surface area contributed by atoms with Crippen LogP contribution in [-0.4, -0.2) is 15.6 Å². The van der Waals surface area contributed by atoms with E-state index in [1.165, 1.54) is 29.1 Å². The Bertz CT molecular complexity index is 900. The molecule has 3 rings (SSSR count). The second-order valence-corrected chi connectivity index (χ2v) is 5.17. The molecule has 0 unspecified atom stereocenters. The van der Waals surface area contributed by atoms with E-state index in [9.17, 15) is 9.18 Å². The number of nitrogens with zero attached hydrogens (tertiary/aromatic N) is 3. The van der Waals surface area contributed by atoms with Crippen molar-refractivity contribution >= 4 is 11.8 Å². The summed E-state index contributed by atoms with van der Waals surface area (Å²) in [5.41, 5.74) is 1.93. The minimum absolute atomic E-state index is 0.130. The standard InChI is InChI=1S/C18H14FN3O2/c1-13-9-22(11-20-13)18-16(19)7-15(8-17(18)21-12-23)24-10-14-5-3-2-4-6-14/h2-9,11H,10H2,1H3. The largest absolute Gasteiger partial charge is 0.489 e. The van der Waals surface area contributed by atoms with Gasteiger partial charge in [0.15, 0.2) is 5.82 Å². The third-order valence-electron chi connectivity index (χ3n) is 3.40. The van der Waals surface area contributed by atoms with Gasteiger partial charge in [-0.05, 0) is 12.5 Å². The Morgan fingerprint density at radius 1 is 1.29 bits per heavy atom. The van der Waals surface area contributed by atoms with Crippen LogP contribution in [0, 0.1) is 12.7 Å². The smallest absolute Gasteiger partial charge is 0.240 e. The lowest BCUT2D eigenvalue weighted by atomic mass is 10.2. The van der Waals surface area contributed by atoms with Crippen molar-refractivity contribution in [3.05, 3.63) is 72.1 Å². The van der Waals surface area contributed by atoms with Crippen LogP contribution in [0.1, 0.15) is 11.3 Å². The van der Waals surface area contributed by atoms with Gasteiger partial charge in [-0.15, -0.1) is 0 Å². The van der Waals surface area contributed by atoms with E-state index in [1.54, 1.807) is 13.1 Å². The molecule has 0 aliphatic carbocycles. The maximum Gasteiger partial charge on any atom is 0.240 e. The van der Waals surface area contributed by atoms with Gasteiger partial charge in [0, 0.05) is 18.3 Å². The van der Waals surface area contributed by atoms with Gasteiger partial charge in [-0.25, -0.2) is 14.2 Å². The first-order valence-electron chi connectivity index (χ1n) is 7.26. The van der Waals surface area contributed by atoms with E-state index >= 15 is 0 Å². The molecule has 2 aromatic carbocycles. The quantitative estimate of drug-likeness (QED) is 0.529. The van der Waals surface area contributed by atoms with Crippen LogP contribution in [0.2, 0.25) is 0 Å². The zero-order valence-corrected chi connectivity index (χ0v) is 12.9. The minimum atomic E-state index is -0.563. The van der Waals surface area contributed by atoms with Crippen molar-refractivity contribution in [3.63, 3.8) is 0 Å². The molecule has 3 aromatic rings. The third kappa shape index (κ3) is 3.39. The average Bonchev–Trinajstić information content (AvgIpc) is 3.00. The number of aromatic nitrogens is 2. The monoisotopic (exact) mass is 323 g/mol. The summed E-state index contributed by atoms with van der Waals surface area (Å²) in [4.78, 5) is 18.3. The summed E-state index contributed by atoms with van der Waals surface area (Å²) < 4.78 is 21.6. The first kappa shape index (κ1) is 15.6. The van der Waals surface area contributed by atoms with E-state index in [1.807, 2.05) is 30.3 Å². The number of halogens is 1. The summed E-state index contributed by atoms with van der Waals surface area (Å²) in [5.74, 6) is -0.280. The molecule has 6 heteroatoms. The maximum atomic E-state index is 14.5. The van der Waals surface area contributed by atoms with Crippen molar-refractivity contribution in [2.45, 2.75) is 13.5 Å². The van der Waals surface area contributed by atoms with Gasteiger partial charge in [0.25, 0.3) is 0 Å². The molecule has 0 atom stereocenters. The third-order valence-corrected chi connectivity index (χ3v) is 3.40. The van der Waals surface area contributed by atoms with E-state index in [-0.39, 0.29) is 23.7 Å². The van der Waals surface area contributed by atoms with Crippen molar-refractivity contribution in [3.8, 4) is 11.4 Å². The SMILES string of the molecule is Cc1cn(-c2c(F)cc(OCc3ccccc3)cc2N=C=O)cn1. The summed E-state index contributed by atoms with van der Waals surface area (Å²) in [6.45, 7) is 2.07. The minimum Gasteiger partial charge on any atom is -0.489 e. The number of carbonyl (C=O) groups excluding carboxylic acids is 1. The van der Waals surface area contributed by atoms with Gasteiger partial charge in [0.1, 0.15) is 23.7 Å². The number of aliphatic imine (C=N–C) groups is 1. The summed E-state index contributed by atoms with van der Waals surface area (Å²) in [7, 11) is 0. The van der Waals surface area contributed by atoms with Crippen molar-refractivity contribution in [2.75, 3.05) is 0 Å². The molecule has 0 spiro atoms. The van der Waals surface area contributed by atoms with Crippen LogP contribution in [0.15, 0.2) is 60.0 Å². The summed E-state index contributed by atoms with van der Waals surface area (Å²) in [5, 5.41) is 0. The van der Waals surface area contributed by atoms with E-state index in [2.05, 4.69) is 9.98 Å². The van der Waals surface area contributed by atoms with E-state index < -0.39 is 5.82 Å². The first-order valence-corrected chi connectivity index (χ1v) is 7.26. The van der Waals surface area contributed by atoms with Gasteiger partial charge in [-0.3, -0.25) is 0 Å². The number of aryl methyl sites for hydroxylation is 1. The molecule has 0 aliphatic rings. The molecule has 0 saturated heterocycles. The molecule has 0 radical (unpaired) electrons. The molecule has 1 heterocycles. The van der Waals surface area contributed by atoms with Crippen molar-refractivity contribution in [1.82, 2.24) is 9.55 Å². The van der Waals surface area contributed by atoms with Gasteiger partial charge in [-0.2, -0.15) is 4.99 Å². The fourth-order valence-corrected chi connectivity index (χ4v) is 2.32. The highest BCUT2D eigenvalue weighted by atomic mass is 19.1. The van der Waals surface area contributed by atoms with Crippen LogP contribution in [0.3, 0.4) is 0 Å². The molecular formula is C18H14FN3O2. The van der Waals surface area contributed by atoms with Crippen molar-refractivity contribution < 1.29 is 13.9 Å². The van der Waals surface area contributed by atoms with Crippen LogP contribution < -0.4 is 4.74 Å². The molecule has 5 nitrogen and oxygen atoms in total. The zero-order chi connectivity index (χ0) is 16.9. The van der Waals surface area contributed by atoms with E-state index in [0.717, 1.165) is 11.3 Å². The van der Waals surface area contributed by atoms with Gasteiger partial charge < -0.3 is 9.30 Å². The fourth-order valence-electron chi connectivity index (χ4n) is 2.32. The second kappa shape index (κ2) is 6.89. The van der Waals surface area contributed by atoms with Gasteiger partial charge >= 0.3 is 0 Å². The Kier molecular flexibility index (Phi) is 4.50. The maximum absolute atomic E-state index is 14.5. The number of benzene rings is 2. The molecule has 24 heavy (non-hydrogen) atoms. The predicted octanol–water partition coefficient (Wildman–Crippen LogP) is 3.87. The van der Waals surface area contributed by atoms with E-state index in [0.29, 0.717) is 0 Å². The lowest BCUT2D eigenvalue weighted by molar-refractivity contribution is 0.304. The first-order chi connectivity index (χ1) is 11.7. The Balaban J connectivity index is 1.94. The number of hydrogen-bond donors (Lipinski definition) is 0. The van der Waals surface area contributed by atoms with Crippen LogP contribution in [0.25, 0.3) is 5.69 Å². The molecule has 0 N–H and O–H groups in total. The molecule has 0 saturated carbocycles. The van der Waals surface area contributed by atoms with Crippen LogP contribution in [-0.2, 0) is 11.4 Å². The summed E-state index contributed by atoms with van der Waals surface area (Å²) in [6.07, 6.45) is 4.55. The fraction of sp³-hybridized carbons (Fsp3) is 0.111. The molecular weight excluding hydrogens is 309 g/mol. The molecule has 0 aliphatic heterocycles. The van der Waals surface area contributed by atoms with Gasteiger partial charge in [0.05, 0.1) is 12.0 Å². The number of rotatable bonds is 5. The van der Waals surface area contributed by atoms with Crippen molar-refractivity contribution in [1.29, 1.82) is 0 Å². The number of hydrogen-bond acceptors (Lipinski definition) is 4. The average molecular weight is 323 g/mol. The topological polar surface area (TPSA) is 56.5 Å². The van der Waals surface area contributed by atoms with Crippen LogP contribution >= 0.6 is 0 Å². The number of isocyanates is 1. The Hall–Kier alpha value is -3.24. The molecule has 0 bridgehead atoms. The lowest BCUT2D eigenvalue weighted by Gasteiger charge is -2.11. The lowest BCUT2D eigenvalue weighted by Crippen LogP contribution is -1.99. The molecule has 120 valence electrons. The normalized spacial score (nSPS) is 10.2. The molecule has 0 fully saturated rings. The Morgan fingerprint density at radius 2 is 2.08 bits per heavy atom. The highest BCUT2D eigenvalue weighted by molar-refractivity contribution is 5.64. The predicted molar refractivity (Wildman–Crippen MR) is 86.8 cm³/mol. The van der Waals surface area contributed by atoms with Crippen molar-refractivity contribution in [2.24, 2.45) is 4.99 Å². The number of imidazole rings is 1. The highest BCUT2D eigenvalue weighted by Crippen LogP contribution is 2.31. The van der Waals surface area contributed by atoms with Crippen LogP contribution in [0.5, 0.6) is 5.75 Å². The Morgan fingerprint density at radius 3 is 2.75 bits per heavy atom. The summed E-state index contributed by atoms with van der Waals surface area (Å²) in [6, 6.07) is 12.3. The molecule has 0 amide bonds. The van der Waals surface area contributed by atoms with E-state index in [4.69, 9.17) is 4.74 Å². The number of ether oxygens (including phenoxy) is 1. The van der Waals surface area contributed by atoms with Gasteiger partial charge in [-0.1, -0.05) is 30.3 Å². The second-order valence-electron chi connectivity index (χ2n) is 5.17. The summed E-state index contributed by atoms with van der Waals surface area (Å²) >= 11 is 0. The Labute approximate surface area is 138 Å². The highest BCUT2D eigenvalue weighted by Gasteiger charge is 2.14. The van der Waals surface area contributed by atoms with Gasteiger partial charge in [0.2, 0.25) is 6.08 Å².